The van der Waals surface area contributed by atoms with Crippen molar-refractivity contribution in [3.05, 3.63) is 34.9 Å². The molecular weight excluding hydrogens is 233 g/mol. The Balaban J connectivity index is 3.54. The predicted molar refractivity (Wildman–Crippen MR) is 54.2 cm³/mol. The summed E-state index contributed by atoms with van der Waals surface area (Å²) in [6, 6.07) is 4.68. The van der Waals surface area contributed by atoms with Crippen LogP contribution in [0.1, 0.15) is 21.5 Å². The van der Waals surface area contributed by atoms with Crippen molar-refractivity contribution in [2.75, 3.05) is 14.1 Å². The number of rotatable bonds is 1. The SMILES string of the molecule is CN(C)C(=O)c1c(C#N)cccc1C(F)(F)F. The number of benzene rings is 1. The summed E-state index contributed by atoms with van der Waals surface area (Å²) in [5, 5.41) is 8.75. The molecule has 0 aliphatic carbocycles. The monoisotopic (exact) mass is 242 g/mol. The van der Waals surface area contributed by atoms with E-state index < -0.39 is 23.2 Å². The fraction of sp³-hybridized carbons (Fsp3) is 0.273. The minimum absolute atomic E-state index is 0.279. The van der Waals surface area contributed by atoms with Crippen LogP contribution in [0.4, 0.5) is 13.2 Å². The van der Waals surface area contributed by atoms with Crippen molar-refractivity contribution in [1.29, 1.82) is 5.26 Å². The van der Waals surface area contributed by atoms with Gasteiger partial charge in [-0.3, -0.25) is 4.79 Å². The molecule has 1 amide bonds. The summed E-state index contributed by atoms with van der Waals surface area (Å²) in [5.74, 6) is -0.838. The van der Waals surface area contributed by atoms with Gasteiger partial charge in [-0.05, 0) is 12.1 Å². The van der Waals surface area contributed by atoms with Gasteiger partial charge < -0.3 is 4.90 Å². The van der Waals surface area contributed by atoms with Gasteiger partial charge in [0.2, 0.25) is 0 Å². The van der Waals surface area contributed by atoms with Crippen LogP contribution in [0, 0.1) is 11.3 Å². The molecule has 0 aliphatic heterocycles. The Morgan fingerprint density at radius 2 is 1.94 bits per heavy atom. The molecule has 0 N–H and O–H groups in total. The Morgan fingerprint density at radius 1 is 1.35 bits per heavy atom. The van der Waals surface area contributed by atoms with Crippen LogP contribution in [-0.4, -0.2) is 24.9 Å². The molecule has 90 valence electrons. The summed E-state index contributed by atoms with van der Waals surface area (Å²) in [4.78, 5) is 12.7. The molecule has 1 aromatic rings. The first-order valence-electron chi connectivity index (χ1n) is 4.61. The van der Waals surface area contributed by atoms with E-state index >= 15 is 0 Å². The maximum atomic E-state index is 12.7. The molecule has 0 radical (unpaired) electrons. The summed E-state index contributed by atoms with van der Waals surface area (Å²) in [6.07, 6.45) is -4.66. The van der Waals surface area contributed by atoms with E-state index in [1.807, 2.05) is 0 Å². The van der Waals surface area contributed by atoms with E-state index in [9.17, 15) is 18.0 Å². The third-order valence-corrected chi connectivity index (χ3v) is 2.11. The smallest absolute Gasteiger partial charge is 0.345 e. The van der Waals surface area contributed by atoms with Crippen LogP contribution in [0.2, 0.25) is 0 Å². The minimum Gasteiger partial charge on any atom is -0.345 e. The molecule has 0 saturated carbocycles. The van der Waals surface area contributed by atoms with E-state index in [0.29, 0.717) is 0 Å². The van der Waals surface area contributed by atoms with Gasteiger partial charge in [0, 0.05) is 14.1 Å². The van der Waals surface area contributed by atoms with E-state index in [-0.39, 0.29) is 5.56 Å². The van der Waals surface area contributed by atoms with Gasteiger partial charge >= 0.3 is 6.18 Å². The molecule has 6 heteroatoms. The summed E-state index contributed by atoms with van der Waals surface area (Å²) in [7, 11) is 2.66. The number of alkyl halides is 3. The second kappa shape index (κ2) is 4.45. The molecule has 1 rings (SSSR count). The molecule has 0 spiro atoms. The van der Waals surface area contributed by atoms with Crippen LogP contribution >= 0.6 is 0 Å². The quantitative estimate of drug-likeness (QED) is 0.758. The van der Waals surface area contributed by atoms with Gasteiger partial charge in [0.25, 0.3) is 5.91 Å². The van der Waals surface area contributed by atoms with E-state index in [0.717, 1.165) is 17.0 Å². The van der Waals surface area contributed by atoms with Gasteiger partial charge in [0.05, 0.1) is 22.8 Å². The van der Waals surface area contributed by atoms with E-state index in [1.165, 1.54) is 20.2 Å². The van der Waals surface area contributed by atoms with Crippen LogP contribution in [-0.2, 0) is 6.18 Å². The molecular formula is C11H9F3N2O. The van der Waals surface area contributed by atoms with Crippen molar-refractivity contribution < 1.29 is 18.0 Å². The summed E-state index contributed by atoms with van der Waals surface area (Å²) >= 11 is 0. The van der Waals surface area contributed by atoms with Crippen LogP contribution in [0.3, 0.4) is 0 Å². The van der Waals surface area contributed by atoms with Crippen LogP contribution in [0.5, 0.6) is 0 Å². The number of nitrogens with zero attached hydrogens (tertiary/aromatic N) is 2. The second-order valence-electron chi connectivity index (χ2n) is 3.54. The van der Waals surface area contributed by atoms with Crippen LogP contribution in [0.25, 0.3) is 0 Å². The van der Waals surface area contributed by atoms with Crippen molar-refractivity contribution in [3.8, 4) is 6.07 Å². The highest BCUT2D eigenvalue weighted by Gasteiger charge is 2.36. The zero-order valence-electron chi connectivity index (χ0n) is 9.17. The molecule has 0 aromatic heterocycles. The Labute approximate surface area is 96.1 Å². The lowest BCUT2D eigenvalue weighted by Crippen LogP contribution is -2.26. The normalized spacial score (nSPS) is 10.8. The molecule has 0 bridgehead atoms. The molecule has 17 heavy (non-hydrogen) atoms. The number of hydrogen-bond acceptors (Lipinski definition) is 2. The first-order valence-corrected chi connectivity index (χ1v) is 4.61. The van der Waals surface area contributed by atoms with Gasteiger partial charge in [-0.2, -0.15) is 18.4 Å². The highest BCUT2D eigenvalue weighted by molar-refractivity contribution is 5.98. The van der Waals surface area contributed by atoms with E-state index in [1.54, 1.807) is 6.07 Å². The van der Waals surface area contributed by atoms with Gasteiger partial charge in [-0.1, -0.05) is 6.07 Å². The molecule has 3 nitrogen and oxygen atoms in total. The largest absolute Gasteiger partial charge is 0.417 e. The van der Waals surface area contributed by atoms with E-state index in [4.69, 9.17) is 5.26 Å². The third kappa shape index (κ3) is 2.56. The first-order chi connectivity index (χ1) is 7.79. The van der Waals surface area contributed by atoms with Crippen molar-refractivity contribution in [1.82, 2.24) is 4.90 Å². The molecule has 0 saturated heterocycles. The van der Waals surface area contributed by atoms with Gasteiger partial charge in [-0.25, -0.2) is 0 Å². The number of nitriles is 1. The standard InChI is InChI=1S/C11H9F3N2O/c1-16(2)10(17)9-7(6-15)4-3-5-8(9)11(12,13)14/h3-5H,1-2H3. The lowest BCUT2D eigenvalue weighted by atomic mass is 10.00. The Hall–Kier alpha value is -2.03. The number of carbonyl (C=O) groups is 1. The number of amides is 1. The zero-order valence-corrected chi connectivity index (χ0v) is 9.17. The zero-order chi connectivity index (χ0) is 13.2. The summed E-state index contributed by atoms with van der Waals surface area (Å²) in [5.41, 5.74) is -1.97. The average molecular weight is 242 g/mol. The van der Waals surface area contributed by atoms with Crippen molar-refractivity contribution in [3.63, 3.8) is 0 Å². The Kier molecular flexibility index (Phi) is 3.42. The summed E-state index contributed by atoms with van der Waals surface area (Å²) < 4.78 is 38.1. The third-order valence-electron chi connectivity index (χ3n) is 2.11. The first kappa shape index (κ1) is 13.0. The summed E-state index contributed by atoms with van der Waals surface area (Å²) in [6.45, 7) is 0. The molecule has 0 heterocycles. The van der Waals surface area contributed by atoms with Crippen LogP contribution < -0.4 is 0 Å². The lowest BCUT2D eigenvalue weighted by Gasteiger charge is -2.16. The minimum atomic E-state index is -4.66. The maximum absolute atomic E-state index is 12.7. The highest BCUT2D eigenvalue weighted by Crippen LogP contribution is 2.33. The topological polar surface area (TPSA) is 44.1 Å². The van der Waals surface area contributed by atoms with Crippen LogP contribution in [0.15, 0.2) is 18.2 Å². The lowest BCUT2D eigenvalue weighted by molar-refractivity contribution is -0.138. The molecule has 1 aromatic carbocycles. The molecule has 0 atom stereocenters. The number of hydrogen-bond donors (Lipinski definition) is 0. The molecule has 0 unspecified atom stereocenters. The van der Waals surface area contributed by atoms with Gasteiger partial charge in [-0.15, -0.1) is 0 Å². The molecule has 0 aliphatic rings. The average Bonchev–Trinajstić information content (AvgIpc) is 2.25. The predicted octanol–water partition coefficient (Wildman–Crippen LogP) is 2.28. The highest BCUT2D eigenvalue weighted by atomic mass is 19.4. The van der Waals surface area contributed by atoms with E-state index in [2.05, 4.69) is 0 Å². The number of carbonyl (C=O) groups excluding carboxylic acids is 1. The van der Waals surface area contributed by atoms with Crippen molar-refractivity contribution >= 4 is 5.91 Å². The van der Waals surface area contributed by atoms with Gasteiger partial charge in [0.15, 0.2) is 0 Å². The number of halogens is 3. The van der Waals surface area contributed by atoms with Crippen molar-refractivity contribution in [2.45, 2.75) is 6.18 Å². The molecule has 0 fully saturated rings. The van der Waals surface area contributed by atoms with Gasteiger partial charge in [0.1, 0.15) is 0 Å². The fourth-order valence-electron chi connectivity index (χ4n) is 1.34. The fourth-order valence-corrected chi connectivity index (χ4v) is 1.34. The second-order valence-corrected chi connectivity index (χ2v) is 3.54. The Morgan fingerprint density at radius 3 is 2.35 bits per heavy atom. The Bertz CT molecular complexity index is 486. The van der Waals surface area contributed by atoms with Crippen molar-refractivity contribution in [2.24, 2.45) is 0 Å². The maximum Gasteiger partial charge on any atom is 0.417 e.